The van der Waals surface area contributed by atoms with E-state index in [1.165, 1.54) is 17.6 Å². The van der Waals surface area contributed by atoms with Crippen LogP contribution in [0.2, 0.25) is 0 Å². The molecule has 0 bridgehead atoms. The van der Waals surface area contributed by atoms with Gasteiger partial charge in [-0.05, 0) is 23.6 Å². The zero-order valence-electron chi connectivity index (χ0n) is 7.71. The third kappa shape index (κ3) is 2.43. The fourth-order valence-corrected chi connectivity index (χ4v) is 3.07. The van der Waals surface area contributed by atoms with Crippen LogP contribution in [0.3, 0.4) is 0 Å². The summed E-state index contributed by atoms with van der Waals surface area (Å²) >= 11 is 1.39. The molecule has 5 heteroatoms. The monoisotopic (exact) mass is 240 g/mol. The molecule has 2 aromatic rings. The van der Waals surface area contributed by atoms with Crippen LogP contribution in [-0.2, 0) is 10.8 Å². The Labute approximate surface area is 93.2 Å². The Bertz CT molecular complexity index is 413. The highest BCUT2D eigenvalue weighted by Gasteiger charge is 2.14. The van der Waals surface area contributed by atoms with E-state index in [2.05, 4.69) is 0 Å². The lowest BCUT2D eigenvalue weighted by atomic mass is 10.3. The first-order chi connectivity index (χ1) is 7.27. The minimum absolute atomic E-state index is 0.0198. The average Bonchev–Trinajstić information content (AvgIpc) is 2.91. The van der Waals surface area contributed by atoms with Gasteiger partial charge in [-0.1, -0.05) is 6.07 Å². The maximum atomic E-state index is 11.7. The van der Waals surface area contributed by atoms with Crippen molar-refractivity contribution in [3.05, 3.63) is 41.7 Å². The van der Waals surface area contributed by atoms with Crippen molar-refractivity contribution in [2.75, 3.05) is 5.75 Å². The normalized spacial score (nSPS) is 12.5. The summed E-state index contributed by atoms with van der Waals surface area (Å²) in [4.78, 5) is 11.5. The molecule has 0 aliphatic heterocycles. The number of thiophene rings is 1. The fourth-order valence-electron chi connectivity index (χ4n) is 1.09. The lowest BCUT2D eigenvalue weighted by molar-refractivity contribution is 0.0991. The molecule has 15 heavy (non-hydrogen) atoms. The summed E-state index contributed by atoms with van der Waals surface area (Å²) in [6.45, 7) is 0. The van der Waals surface area contributed by atoms with Gasteiger partial charge in [0, 0.05) is 0 Å². The van der Waals surface area contributed by atoms with Crippen LogP contribution in [-0.4, -0.2) is 15.7 Å². The molecule has 0 aliphatic carbocycles. The summed E-state index contributed by atoms with van der Waals surface area (Å²) in [5.41, 5.74) is 0. The molecule has 2 rings (SSSR count). The molecule has 0 spiro atoms. The summed E-state index contributed by atoms with van der Waals surface area (Å²) in [6, 6.07) is 6.79. The molecule has 2 aromatic heterocycles. The van der Waals surface area contributed by atoms with Gasteiger partial charge < -0.3 is 4.42 Å². The molecule has 0 aliphatic rings. The Balaban J connectivity index is 2.04. The first-order valence-electron chi connectivity index (χ1n) is 4.26. The number of ketones is 1. The predicted molar refractivity (Wildman–Crippen MR) is 58.6 cm³/mol. The number of rotatable bonds is 4. The number of hydrogen-bond acceptors (Lipinski definition) is 4. The van der Waals surface area contributed by atoms with Crippen molar-refractivity contribution in [1.29, 1.82) is 0 Å². The van der Waals surface area contributed by atoms with Crippen molar-refractivity contribution in [3.63, 3.8) is 0 Å². The van der Waals surface area contributed by atoms with Gasteiger partial charge in [0.1, 0.15) is 0 Å². The number of hydrogen-bond donors (Lipinski definition) is 0. The number of Topliss-reactive ketones (excluding diaryl/α,β-unsaturated/α-hetero) is 1. The smallest absolute Gasteiger partial charge is 0.210 e. The maximum Gasteiger partial charge on any atom is 0.210 e. The molecule has 78 valence electrons. The second-order valence-electron chi connectivity index (χ2n) is 2.82. The van der Waals surface area contributed by atoms with Crippen LogP contribution in [0.25, 0.3) is 0 Å². The quantitative estimate of drug-likeness (QED) is 0.771. The molecule has 0 fully saturated rings. The van der Waals surface area contributed by atoms with Crippen molar-refractivity contribution in [2.24, 2.45) is 0 Å². The second kappa shape index (κ2) is 4.55. The van der Waals surface area contributed by atoms with Crippen molar-refractivity contribution in [3.8, 4) is 0 Å². The van der Waals surface area contributed by atoms with Gasteiger partial charge in [0.15, 0.2) is 5.76 Å². The Morgan fingerprint density at radius 2 is 2.27 bits per heavy atom. The Kier molecular flexibility index (Phi) is 3.13. The highest BCUT2D eigenvalue weighted by atomic mass is 32.2. The third-order valence-corrected chi connectivity index (χ3v) is 4.39. The molecule has 3 nitrogen and oxygen atoms in total. The van der Waals surface area contributed by atoms with Crippen molar-refractivity contribution < 1.29 is 13.4 Å². The molecule has 0 N–H and O–H groups in total. The number of carbonyl (C=O) groups is 1. The van der Waals surface area contributed by atoms with E-state index in [1.807, 2.05) is 11.4 Å². The van der Waals surface area contributed by atoms with Gasteiger partial charge in [-0.3, -0.25) is 9.00 Å². The molecule has 0 aromatic carbocycles. The predicted octanol–water partition coefficient (Wildman–Crippen LogP) is 2.33. The third-order valence-electron chi connectivity index (χ3n) is 1.78. The van der Waals surface area contributed by atoms with E-state index in [9.17, 15) is 9.00 Å². The molecule has 0 amide bonds. The summed E-state index contributed by atoms with van der Waals surface area (Å²) < 4.78 is 17.3. The van der Waals surface area contributed by atoms with E-state index < -0.39 is 10.8 Å². The van der Waals surface area contributed by atoms with Gasteiger partial charge in [0.05, 0.1) is 27.0 Å². The Morgan fingerprint density at radius 3 is 2.87 bits per heavy atom. The average molecular weight is 240 g/mol. The van der Waals surface area contributed by atoms with E-state index in [4.69, 9.17) is 4.42 Å². The van der Waals surface area contributed by atoms with E-state index in [0.29, 0.717) is 0 Å². The molecule has 2 heterocycles. The van der Waals surface area contributed by atoms with Gasteiger partial charge in [-0.15, -0.1) is 11.3 Å². The van der Waals surface area contributed by atoms with Crippen LogP contribution in [0, 0.1) is 0 Å². The zero-order chi connectivity index (χ0) is 10.7. The Hall–Kier alpha value is -1.20. The van der Waals surface area contributed by atoms with Crippen LogP contribution in [0.15, 0.2) is 44.5 Å². The summed E-state index contributed by atoms with van der Waals surface area (Å²) in [5.74, 6) is 0.0141. The van der Waals surface area contributed by atoms with Crippen LogP contribution in [0.5, 0.6) is 0 Å². The van der Waals surface area contributed by atoms with Crippen molar-refractivity contribution >= 4 is 27.9 Å². The number of furan rings is 1. The topological polar surface area (TPSA) is 47.3 Å². The van der Waals surface area contributed by atoms with E-state index in [1.54, 1.807) is 18.2 Å². The molecule has 0 saturated carbocycles. The van der Waals surface area contributed by atoms with Gasteiger partial charge >= 0.3 is 0 Å². The highest BCUT2D eigenvalue weighted by Crippen LogP contribution is 2.15. The standard InChI is InChI=1S/C10H8O3S2/c11-8(9-3-1-5-13-9)7-15(12)10-4-2-6-14-10/h1-6H,7H2. The first kappa shape index (κ1) is 10.3. The Morgan fingerprint density at radius 1 is 1.40 bits per heavy atom. The van der Waals surface area contributed by atoms with Gasteiger partial charge in [-0.2, -0.15) is 0 Å². The minimum atomic E-state index is -1.26. The maximum absolute atomic E-state index is 11.7. The molecule has 0 saturated heterocycles. The number of carbonyl (C=O) groups excluding carboxylic acids is 1. The molecule has 1 unspecified atom stereocenters. The SMILES string of the molecule is O=C(CS(=O)c1cccs1)c1ccco1. The van der Waals surface area contributed by atoms with Gasteiger partial charge in [0.25, 0.3) is 0 Å². The minimum Gasteiger partial charge on any atom is -0.461 e. The highest BCUT2D eigenvalue weighted by molar-refractivity contribution is 7.88. The van der Waals surface area contributed by atoms with Crippen molar-refractivity contribution in [1.82, 2.24) is 0 Å². The lowest BCUT2D eigenvalue weighted by Gasteiger charge is -1.96. The van der Waals surface area contributed by atoms with Crippen molar-refractivity contribution in [2.45, 2.75) is 4.21 Å². The summed E-state index contributed by atoms with van der Waals surface area (Å²) in [7, 11) is -1.26. The molecule has 1 atom stereocenters. The van der Waals surface area contributed by atoms with E-state index in [0.717, 1.165) is 4.21 Å². The largest absolute Gasteiger partial charge is 0.461 e. The van der Waals surface area contributed by atoms with E-state index in [-0.39, 0.29) is 17.3 Å². The lowest BCUT2D eigenvalue weighted by Crippen LogP contribution is -2.09. The van der Waals surface area contributed by atoms with Gasteiger partial charge in [0.2, 0.25) is 5.78 Å². The molecule has 0 radical (unpaired) electrons. The zero-order valence-corrected chi connectivity index (χ0v) is 9.35. The van der Waals surface area contributed by atoms with E-state index >= 15 is 0 Å². The first-order valence-corrected chi connectivity index (χ1v) is 6.46. The summed E-state index contributed by atoms with van der Waals surface area (Å²) in [5, 5.41) is 1.84. The molecular formula is C10H8O3S2. The van der Waals surface area contributed by atoms with Crippen LogP contribution in [0.1, 0.15) is 10.6 Å². The van der Waals surface area contributed by atoms with Gasteiger partial charge in [-0.25, -0.2) is 0 Å². The van der Waals surface area contributed by atoms with Crippen LogP contribution in [0.4, 0.5) is 0 Å². The van der Waals surface area contributed by atoms with Crippen LogP contribution >= 0.6 is 11.3 Å². The second-order valence-corrected chi connectivity index (χ2v) is 5.45. The van der Waals surface area contributed by atoms with Crippen LogP contribution < -0.4 is 0 Å². The summed E-state index contributed by atoms with van der Waals surface area (Å²) in [6.07, 6.45) is 1.43. The molecular weight excluding hydrogens is 232 g/mol. The fraction of sp³-hybridized carbons (Fsp3) is 0.100.